The number of benzene rings is 2. The fraction of sp³-hybridized carbons (Fsp3) is 0.182. The van der Waals surface area contributed by atoms with Gasteiger partial charge in [-0.1, -0.05) is 35.9 Å². The van der Waals surface area contributed by atoms with E-state index in [2.05, 4.69) is 15.6 Å². The number of hydrogen-bond donors (Lipinski definition) is 2. The molecule has 1 aromatic heterocycles. The first-order valence-corrected chi connectivity index (χ1v) is 8.85. The van der Waals surface area contributed by atoms with Crippen LogP contribution in [0.15, 0.2) is 60.8 Å². The molecule has 4 nitrogen and oxygen atoms in total. The summed E-state index contributed by atoms with van der Waals surface area (Å²) in [5, 5.41) is 6.07. The summed E-state index contributed by atoms with van der Waals surface area (Å²) < 4.78 is 13.6. The molecule has 0 aliphatic rings. The molecule has 0 atom stereocenters. The molecule has 0 saturated carbocycles. The Kier molecular flexibility index (Phi) is 5.81. The van der Waals surface area contributed by atoms with Crippen molar-refractivity contribution < 1.29 is 9.18 Å². The SMILES string of the molecule is Cc1ccc(NC(=O)c2ccc(NCCc3ccccc3F)cn2)c(C)c1. The number of nitrogens with zero attached hydrogens (tertiary/aromatic N) is 1. The Labute approximate surface area is 158 Å². The van der Waals surface area contributed by atoms with Gasteiger partial charge < -0.3 is 10.6 Å². The molecule has 2 N–H and O–H groups in total. The maximum atomic E-state index is 13.6. The molecule has 1 amide bonds. The number of aromatic nitrogens is 1. The van der Waals surface area contributed by atoms with Crippen molar-refractivity contribution in [2.75, 3.05) is 17.2 Å². The van der Waals surface area contributed by atoms with Gasteiger partial charge in [0, 0.05) is 12.2 Å². The summed E-state index contributed by atoms with van der Waals surface area (Å²) in [5.74, 6) is -0.448. The quantitative estimate of drug-likeness (QED) is 0.665. The predicted molar refractivity (Wildman–Crippen MR) is 107 cm³/mol. The Morgan fingerprint density at radius 3 is 2.59 bits per heavy atom. The molecule has 0 saturated heterocycles. The second-order valence-electron chi connectivity index (χ2n) is 6.47. The van der Waals surface area contributed by atoms with Gasteiger partial charge in [-0.3, -0.25) is 4.79 Å². The third kappa shape index (κ3) is 4.91. The molecule has 138 valence electrons. The highest BCUT2D eigenvalue weighted by molar-refractivity contribution is 6.03. The molecule has 0 aliphatic carbocycles. The standard InChI is InChI=1S/C22H22FN3O/c1-15-7-9-20(16(2)13-15)26-22(27)21-10-8-18(14-25-21)24-12-11-17-5-3-4-6-19(17)23/h3-10,13-14,24H,11-12H2,1-2H3,(H,26,27). The van der Waals surface area contributed by atoms with Crippen LogP contribution in [0, 0.1) is 19.7 Å². The molecule has 0 bridgehead atoms. The lowest BCUT2D eigenvalue weighted by Gasteiger charge is -2.10. The second-order valence-corrected chi connectivity index (χ2v) is 6.47. The number of rotatable bonds is 6. The molecular formula is C22H22FN3O. The van der Waals surface area contributed by atoms with E-state index in [1.807, 2.05) is 38.1 Å². The fourth-order valence-electron chi connectivity index (χ4n) is 2.82. The smallest absolute Gasteiger partial charge is 0.274 e. The van der Waals surface area contributed by atoms with Crippen LogP contribution in [0.25, 0.3) is 0 Å². The van der Waals surface area contributed by atoms with Crippen LogP contribution < -0.4 is 10.6 Å². The van der Waals surface area contributed by atoms with Crippen molar-refractivity contribution in [2.45, 2.75) is 20.3 Å². The first-order chi connectivity index (χ1) is 13.0. The van der Waals surface area contributed by atoms with Gasteiger partial charge in [-0.2, -0.15) is 0 Å². The predicted octanol–water partition coefficient (Wildman–Crippen LogP) is 4.74. The van der Waals surface area contributed by atoms with Gasteiger partial charge in [0.2, 0.25) is 0 Å². The molecule has 27 heavy (non-hydrogen) atoms. The van der Waals surface area contributed by atoms with Gasteiger partial charge in [0.05, 0.1) is 11.9 Å². The van der Waals surface area contributed by atoms with E-state index >= 15 is 0 Å². The van der Waals surface area contributed by atoms with Crippen LogP contribution in [0.5, 0.6) is 0 Å². The zero-order valence-electron chi connectivity index (χ0n) is 15.4. The second kappa shape index (κ2) is 8.45. The molecule has 3 aromatic rings. The average molecular weight is 363 g/mol. The van der Waals surface area contributed by atoms with Crippen LogP contribution in [0.1, 0.15) is 27.2 Å². The minimum Gasteiger partial charge on any atom is -0.383 e. The lowest BCUT2D eigenvalue weighted by molar-refractivity contribution is 0.102. The van der Waals surface area contributed by atoms with Crippen LogP contribution >= 0.6 is 0 Å². The average Bonchev–Trinajstić information content (AvgIpc) is 2.66. The topological polar surface area (TPSA) is 54.0 Å². The van der Waals surface area contributed by atoms with Crippen molar-refractivity contribution in [3.05, 3.63) is 89.0 Å². The normalized spacial score (nSPS) is 10.5. The van der Waals surface area contributed by atoms with Crippen molar-refractivity contribution in [2.24, 2.45) is 0 Å². The fourth-order valence-corrected chi connectivity index (χ4v) is 2.82. The highest BCUT2D eigenvalue weighted by atomic mass is 19.1. The first-order valence-electron chi connectivity index (χ1n) is 8.85. The van der Waals surface area contributed by atoms with Gasteiger partial charge in [-0.25, -0.2) is 9.37 Å². The molecule has 1 heterocycles. The van der Waals surface area contributed by atoms with Crippen molar-refractivity contribution >= 4 is 17.3 Å². The highest BCUT2D eigenvalue weighted by Crippen LogP contribution is 2.17. The van der Waals surface area contributed by atoms with Gasteiger partial charge >= 0.3 is 0 Å². The van der Waals surface area contributed by atoms with E-state index in [-0.39, 0.29) is 11.7 Å². The van der Waals surface area contributed by atoms with Gasteiger partial charge in [-0.05, 0) is 55.7 Å². The van der Waals surface area contributed by atoms with E-state index in [0.29, 0.717) is 24.2 Å². The van der Waals surface area contributed by atoms with Gasteiger partial charge in [0.15, 0.2) is 0 Å². The number of nitrogens with one attached hydrogen (secondary N) is 2. The van der Waals surface area contributed by atoms with Crippen molar-refractivity contribution in [1.82, 2.24) is 4.98 Å². The van der Waals surface area contributed by atoms with Gasteiger partial charge in [-0.15, -0.1) is 0 Å². The summed E-state index contributed by atoms with van der Waals surface area (Å²) in [7, 11) is 0. The minimum absolute atomic E-state index is 0.198. The third-order valence-corrected chi connectivity index (χ3v) is 4.31. The zero-order valence-corrected chi connectivity index (χ0v) is 15.4. The number of carbonyl (C=O) groups is 1. The number of amides is 1. The van der Waals surface area contributed by atoms with E-state index in [1.54, 1.807) is 30.5 Å². The van der Waals surface area contributed by atoms with Crippen molar-refractivity contribution in [1.29, 1.82) is 0 Å². The maximum absolute atomic E-state index is 13.6. The lowest BCUT2D eigenvalue weighted by Crippen LogP contribution is -2.14. The number of anilines is 2. The molecule has 0 fully saturated rings. The van der Waals surface area contributed by atoms with E-state index in [4.69, 9.17) is 0 Å². The van der Waals surface area contributed by atoms with Crippen LogP contribution in [-0.4, -0.2) is 17.4 Å². The number of carbonyl (C=O) groups excluding carboxylic acids is 1. The summed E-state index contributed by atoms with van der Waals surface area (Å²) in [5.41, 5.74) is 4.73. The van der Waals surface area contributed by atoms with E-state index in [0.717, 1.165) is 22.5 Å². The Morgan fingerprint density at radius 2 is 1.89 bits per heavy atom. The lowest BCUT2D eigenvalue weighted by atomic mass is 10.1. The van der Waals surface area contributed by atoms with Crippen LogP contribution in [0.4, 0.5) is 15.8 Å². The summed E-state index contributed by atoms with van der Waals surface area (Å²) in [6.45, 7) is 4.55. The van der Waals surface area contributed by atoms with Crippen molar-refractivity contribution in [3.8, 4) is 0 Å². The Balaban J connectivity index is 1.56. The summed E-state index contributed by atoms with van der Waals surface area (Å²) in [6.07, 6.45) is 2.18. The van der Waals surface area contributed by atoms with Gasteiger partial charge in [0.25, 0.3) is 5.91 Å². The Morgan fingerprint density at radius 1 is 1.07 bits per heavy atom. The number of hydrogen-bond acceptors (Lipinski definition) is 3. The maximum Gasteiger partial charge on any atom is 0.274 e. The Bertz CT molecular complexity index is 939. The molecule has 0 spiro atoms. The first kappa shape index (κ1) is 18.6. The number of aryl methyl sites for hydroxylation is 2. The van der Waals surface area contributed by atoms with Gasteiger partial charge in [0.1, 0.15) is 11.5 Å². The van der Waals surface area contributed by atoms with E-state index in [1.165, 1.54) is 6.07 Å². The molecule has 0 aliphatic heterocycles. The largest absolute Gasteiger partial charge is 0.383 e. The molecule has 5 heteroatoms. The summed E-state index contributed by atoms with van der Waals surface area (Å²) in [6, 6.07) is 16.1. The summed E-state index contributed by atoms with van der Waals surface area (Å²) in [4.78, 5) is 16.6. The highest BCUT2D eigenvalue weighted by Gasteiger charge is 2.09. The molecule has 0 radical (unpaired) electrons. The third-order valence-electron chi connectivity index (χ3n) is 4.31. The molecule has 3 rings (SSSR count). The van der Waals surface area contributed by atoms with Crippen molar-refractivity contribution in [3.63, 3.8) is 0 Å². The molecular weight excluding hydrogens is 341 g/mol. The summed E-state index contributed by atoms with van der Waals surface area (Å²) >= 11 is 0. The zero-order chi connectivity index (χ0) is 19.2. The van der Waals surface area contributed by atoms with Crippen LogP contribution in [0.3, 0.4) is 0 Å². The van der Waals surface area contributed by atoms with Crippen LogP contribution in [0.2, 0.25) is 0 Å². The molecule has 2 aromatic carbocycles. The Hall–Kier alpha value is -3.21. The van der Waals surface area contributed by atoms with E-state index in [9.17, 15) is 9.18 Å². The van der Waals surface area contributed by atoms with E-state index < -0.39 is 0 Å². The molecule has 0 unspecified atom stereocenters. The van der Waals surface area contributed by atoms with Crippen LogP contribution in [-0.2, 0) is 6.42 Å². The monoisotopic (exact) mass is 363 g/mol. The number of halogens is 1. The minimum atomic E-state index is -0.250. The number of pyridine rings is 1.